The molecule has 0 aliphatic heterocycles. The van der Waals surface area contributed by atoms with Crippen LogP contribution < -0.4 is 5.32 Å². The van der Waals surface area contributed by atoms with Gasteiger partial charge in [-0.15, -0.1) is 11.3 Å². The number of rotatable bonds is 5. The summed E-state index contributed by atoms with van der Waals surface area (Å²) in [6.45, 7) is 3.90. The predicted molar refractivity (Wildman–Crippen MR) is 67.3 cm³/mol. The van der Waals surface area contributed by atoms with Crippen molar-refractivity contribution >= 4 is 23.2 Å². The lowest BCUT2D eigenvalue weighted by Crippen LogP contribution is -2.29. The van der Waals surface area contributed by atoms with Gasteiger partial charge in [-0.05, 0) is 19.8 Å². The zero-order valence-corrected chi connectivity index (χ0v) is 11.2. The summed E-state index contributed by atoms with van der Waals surface area (Å²) in [6, 6.07) is -0.163. The molecule has 0 spiro atoms. The molecule has 1 amide bonds. The molecule has 5 nitrogen and oxygen atoms in total. The van der Waals surface area contributed by atoms with Crippen LogP contribution in [0, 0.1) is 11.8 Å². The third-order valence-corrected chi connectivity index (χ3v) is 4.13. The molecule has 6 heteroatoms. The molecule has 3 atom stereocenters. The second-order valence-electron chi connectivity index (χ2n) is 4.54. The molecular weight excluding hydrogens is 252 g/mol. The summed E-state index contributed by atoms with van der Waals surface area (Å²) in [4.78, 5) is 26.9. The average Bonchev–Trinajstić information content (AvgIpc) is 3.00. The smallest absolute Gasteiger partial charge is 0.307 e. The summed E-state index contributed by atoms with van der Waals surface area (Å²) in [5.41, 5.74) is 0.845. The van der Waals surface area contributed by atoms with Crippen LogP contribution in [0.25, 0.3) is 0 Å². The number of aromatic nitrogens is 1. The van der Waals surface area contributed by atoms with Crippen molar-refractivity contribution in [1.29, 1.82) is 0 Å². The van der Waals surface area contributed by atoms with Crippen molar-refractivity contribution < 1.29 is 14.7 Å². The van der Waals surface area contributed by atoms with Crippen LogP contribution in [0.15, 0.2) is 5.38 Å². The van der Waals surface area contributed by atoms with Gasteiger partial charge in [0, 0.05) is 5.38 Å². The number of aryl methyl sites for hydroxylation is 1. The summed E-state index contributed by atoms with van der Waals surface area (Å²) in [7, 11) is 0. The highest BCUT2D eigenvalue weighted by Gasteiger charge is 2.48. The Labute approximate surface area is 109 Å². The third-order valence-electron chi connectivity index (χ3n) is 3.12. The number of amides is 1. The van der Waals surface area contributed by atoms with E-state index in [2.05, 4.69) is 10.3 Å². The van der Waals surface area contributed by atoms with Gasteiger partial charge in [0.2, 0.25) is 5.91 Å². The van der Waals surface area contributed by atoms with Crippen molar-refractivity contribution in [3.05, 3.63) is 16.1 Å². The maximum Gasteiger partial charge on any atom is 0.307 e. The van der Waals surface area contributed by atoms with E-state index in [9.17, 15) is 9.59 Å². The van der Waals surface area contributed by atoms with Gasteiger partial charge in [-0.3, -0.25) is 9.59 Å². The number of hydrogen-bond acceptors (Lipinski definition) is 4. The van der Waals surface area contributed by atoms with E-state index in [0.29, 0.717) is 6.42 Å². The maximum absolute atomic E-state index is 11.8. The standard InChI is InChI=1S/C12H16N2O3S/c1-3-10-14-9(5-18-10)6(2)13-11(15)7-4-8(7)12(16)17/h5-8H,3-4H2,1-2H3,(H,13,15)(H,16,17). The molecule has 1 fully saturated rings. The van der Waals surface area contributed by atoms with Gasteiger partial charge in [0.1, 0.15) is 0 Å². The number of hydrogen-bond donors (Lipinski definition) is 2. The molecule has 0 radical (unpaired) electrons. The Kier molecular flexibility index (Phi) is 3.65. The van der Waals surface area contributed by atoms with E-state index >= 15 is 0 Å². The number of carboxylic acid groups (broad SMARTS) is 1. The first-order valence-electron chi connectivity index (χ1n) is 6.00. The maximum atomic E-state index is 11.8. The fourth-order valence-corrected chi connectivity index (χ4v) is 2.68. The molecule has 0 aromatic carbocycles. The fourth-order valence-electron chi connectivity index (χ4n) is 1.84. The van der Waals surface area contributed by atoms with Gasteiger partial charge in [0.25, 0.3) is 0 Å². The topological polar surface area (TPSA) is 79.3 Å². The SMILES string of the molecule is CCc1nc(C(C)NC(=O)C2CC2C(=O)O)cs1. The molecular formula is C12H16N2O3S. The van der Waals surface area contributed by atoms with Crippen LogP contribution in [0.1, 0.15) is 37.0 Å². The first-order valence-corrected chi connectivity index (χ1v) is 6.88. The third kappa shape index (κ3) is 2.69. The summed E-state index contributed by atoms with van der Waals surface area (Å²) >= 11 is 1.58. The Bertz CT molecular complexity index is 472. The van der Waals surface area contributed by atoms with Crippen molar-refractivity contribution in [2.24, 2.45) is 11.8 Å². The van der Waals surface area contributed by atoms with Gasteiger partial charge >= 0.3 is 5.97 Å². The molecule has 1 saturated carbocycles. The van der Waals surface area contributed by atoms with E-state index in [1.165, 1.54) is 0 Å². The molecule has 3 unspecified atom stereocenters. The summed E-state index contributed by atoms with van der Waals surface area (Å²) in [6.07, 6.45) is 1.33. The molecule has 1 aliphatic rings. The number of thiazole rings is 1. The predicted octanol–water partition coefficient (Wildman–Crippen LogP) is 1.60. The van der Waals surface area contributed by atoms with Crippen LogP contribution >= 0.6 is 11.3 Å². The van der Waals surface area contributed by atoms with E-state index in [1.54, 1.807) is 11.3 Å². The molecule has 18 heavy (non-hydrogen) atoms. The molecule has 1 aliphatic carbocycles. The van der Waals surface area contributed by atoms with Crippen molar-refractivity contribution in [2.75, 3.05) is 0 Å². The van der Waals surface area contributed by atoms with Crippen LogP contribution in [-0.2, 0) is 16.0 Å². The lowest BCUT2D eigenvalue weighted by atomic mass is 10.2. The Hall–Kier alpha value is -1.43. The minimum atomic E-state index is -0.885. The first-order chi connectivity index (χ1) is 8.52. The Balaban J connectivity index is 1.90. The van der Waals surface area contributed by atoms with Gasteiger partial charge in [-0.1, -0.05) is 6.92 Å². The highest BCUT2D eigenvalue weighted by Crippen LogP contribution is 2.39. The number of aliphatic carboxylic acids is 1. The molecule has 2 N–H and O–H groups in total. The van der Waals surface area contributed by atoms with Crippen LogP contribution in [-0.4, -0.2) is 22.0 Å². The quantitative estimate of drug-likeness (QED) is 0.850. The van der Waals surface area contributed by atoms with Gasteiger partial charge < -0.3 is 10.4 Å². The van der Waals surface area contributed by atoms with Crippen LogP contribution in [0.5, 0.6) is 0 Å². The normalized spacial score (nSPS) is 23.4. The largest absolute Gasteiger partial charge is 0.481 e. The molecule has 2 rings (SSSR count). The first kappa shape index (κ1) is 13.0. The van der Waals surface area contributed by atoms with Crippen molar-refractivity contribution in [2.45, 2.75) is 32.7 Å². The van der Waals surface area contributed by atoms with Crippen molar-refractivity contribution in [3.8, 4) is 0 Å². The highest BCUT2D eigenvalue weighted by atomic mass is 32.1. The molecule has 0 bridgehead atoms. The second-order valence-corrected chi connectivity index (χ2v) is 5.48. The molecule has 1 aromatic rings. The van der Waals surface area contributed by atoms with Gasteiger partial charge in [-0.2, -0.15) is 0 Å². The van der Waals surface area contributed by atoms with Gasteiger partial charge in [-0.25, -0.2) is 4.98 Å². The lowest BCUT2D eigenvalue weighted by molar-refractivity contribution is -0.140. The van der Waals surface area contributed by atoms with E-state index < -0.39 is 11.9 Å². The minimum Gasteiger partial charge on any atom is -0.481 e. The van der Waals surface area contributed by atoms with Crippen LogP contribution in [0.3, 0.4) is 0 Å². The molecule has 1 heterocycles. The van der Waals surface area contributed by atoms with Crippen LogP contribution in [0.2, 0.25) is 0 Å². The Morgan fingerprint density at radius 1 is 1.61 bits per heavy atom. The van der Waals surface area contributed by atoms with Crippen molar-refractivity contribution in [3.63, 3.8) is 0 Å². The number of carboxylic acids is 1. The summed E-state index contributed by atoms with van der Waals surface area (Å²) in [5, 5.41) is 14.6. The molecule has 0 saturated heterocycles. The number of carbonyl (C=O) groups is 2. The van der Waals surface area contributed by atoms with E-state index in [-0.39, 0.29) is 17.9 Å². The Morgan fingerprint density at radius 3 is 2.83 bits per heavy atom. The highest BCUT2D eigenvalue weighted by molar-refractivity contribution is 7.09. The second kappa shape index (κ2) is 5.06. The molecule has 1 aromatic heterocycles. The summed E-state index contributed by atoms with van der Waals surface area (Å²) < 4.78 is 0. The van der Waals surface area contributed by atoms with Gasteiger partial charge in [0.15, 0.2) is 0 Å². The Morgan fingerprint density at radius 2 is 2.33 bits per heavy atom. The lowest BCUT2D eigenvalue weighted by Gasteiger charge is -2.11. The number of carbonyl (C=O) groups excluding carboxylic acids is 1. The zero-order valence-electron chi connectivity index (χ0n) is 10.3. The van der Waals surface area contributed by atoms with Gasteiger partial charge in [0.05, 0.1) is 28.6 Å². The van der Waals surface area contributed by atoms with E-state index in [4.69, 9.17) is 5.11 Å². The summed E-state index contributed by atoms with van der Waals surface area (Å²) in [5.74, 6) is -1.93. The minimum absolute atomic E-state index is 0.163. The van der Waals surface area contributed by atoms with Crippen molar-refractivity contribution in [1.82, 2.24) is 10.3 Å². The monoisotopic (exact) mass is 268 g/mol. The zero-order chi connectivity index (χ0) is 13.3. The molecule has 98 valence electrons. The fraction of sp³-hybridized carbons (Fsp3) is 0.583. The van der Waals surface area contributed by atoms with E-state index in [0.717, 1.165) is 17.1 Å². The average molecular weight is 268 g/mol. The van der Waals surface area contributed by atoms with Crippen LogP contribution in [0.4, 0.5) is 0 Å². The van der Waals surface area contributed by atoms with E-state index in [1.807, 2.05) is 19.2 Å². The number of nitrogens with zero attached hydrogens (tertiary/aromatic N) is 1. The number of nitrogens with one attached hydrogen (secondary N) is 1.